The van der Waals surface area contributed by atoms with Gasteiger partial charge in [-0.2, -0.15) is 4.31 Å². The van der Waals surface area contributed by atoms with Gasteiger partial charge in [0.2, 0.25) is 0 Å². The first-order chi connectivity index (χ1) is 7.93. The molecule has 17 heavy (non-hydrogen) atoms. The Morgan fingerprint density at radius 2 is 2.24 bits per heavy atom. The highest BCUT2D eigenvalue weighted by atomic mass is 32.2. The summed E-state index contributed by atoms with van der Waals surface area (Å²) >= 11 is 1.19. The fourth-order valence-corrected chi connectivity index (χ4v) is 4.07. The van der Waals surface area contributed by atoms with Crippen molar-refractivity contribution in [2.45, 2.75) is 23.7 Å². The van der Waals surface area contributed by atoms with Gasteiger partial charge >= 0.3 is 0 Å². The lowest BCUT2D eigenvalue weighted by Gasteiger charge is -2.22. The standard InChI is InChI=1S/C10H18N2O3S2/c1-8(6-15-3)12(2)17(13,14)10-4-9(5-11)7-16-10/h4,7-8H,5-6,11H2,1-3H3. The van der Waals surface area contributed by atoms with E-state index in [1.165, 1.54) is 15.6 Å². The van der Waals surface area contributed by atoms with E-state index in [2.05, 4.69) is 0 Å². The highest BCUT2D eigenvalue weighted by Gasteiger charge is 2.26. The van der Waals surface area contributed by atoms with Gasteiger partial charge in [0.25, 0.3) is 10.0 Å². The van der Waals surface area contributed by atoms with Crippen LogP contribution in [0, 0.1) is 0 Å². The van der Waals surface area contributed by atoms with Crippen molar-refractivity contribution in [1.29, 1.82) is 0 Å². The van der Waals surface area contributed by atoms with Crippen molar-refractivity contribution in [2.24, 2.45) is 5.73 Å². The molecule has 0 radical (unpaired) electrons. The van der Waals surface area contributed by atoms with E-state index >= 15 is 0 Å². The lowest BCUT2D eigenvalue weighted by Crippen LogP contribution is -2.37. The summed E-state index contributed by atoms with van der Waals surface area (Å²) < 4.78 is 31.0. The normalized spacial score (nSPS) is 14.2. The van der Waals surface area contributed by atoms with E-state index in [9.17, 15) is 8.42 Å². The quantitative estimate of drug-likeness (QED) is 0.838. The molecule has 7 heteroatoms. The fraction of sp³-hybridized carbons (Fsp3) is 0.600. The highest BCUT2D eigenvalue weighted by Crippen LogP contribution is 2.24. The third-order valence-electron chi connectivity index (χ3n) is 2.53. The van der Waals surface area contributed by atoms with Crippen molar-refractivity contribution in [3.05, 3.63) is 17.0 Å². The highest BCUT2D eigenvalue weighted by molar-refractivity contribution is 7.91. The first-order valence-electron chi connectivity index (χ1n) is 5.18. The van der Waals surface area contributed by atoms with Crippen LogP contribution < -0.4 is 5.73 Å². The molecule has 0 aromatic carbocycles. The van der Waals surface area contributed by atoms with Gasteiger partial charge in [-0.15, -0.1) is 11.3 Å². The van der Waals surface area contributed by atoms with E-state index in [-0.39, 0.29) is 6.04 Å². The second-order valence-corrected chi connectivity index (χ2v) is 6.94. The second kappa shape index (κ2) is 5.92. The first kappa shape index (κ1) is 14.6. The van der Waals surface area contributed by atoms with Crippen LogP contribution in [-0.4, -0.2) is 39.5 Å². The van der Waals surface area contributed by atoms with Crippen molar-refractivity contribution in [2.75, 3.05) is 20.8 Å². The molecule has 0 fully saturated rings. The summed E-state index contributed by atoms with van der Waals surface area (Å²) in [6.07, 6.45) is 0. The second-order valence-electron chi connectivity index (χ2n) is 3.80. The van der Waals surface area contributed by atoms with Crippen LogP contribution in [0.2, 0.25) is 0 Å². The summed E-state index contributed by atoms with van der Waals surface area (Å²) in [6, 6.07) is 1.42. The number of rotatable bonds is 6. The third kappa shape index (κ3) is 3.26. The van der Waals surface area contributed by atoms with Crippen molar-refractivity contribution >= 4 is 21.4 Å². The molecule has 0 aliphatic carbocycles. The average molecular weight is 278 g/mol. The van der Waals surface area contributed by atoms with Gasteiger partial charge in [0.05, 0.1) is 6.61 Å². The molecule has 1 rings (SSSR count). The number of hydrogen-bond donors (Lipinski definition) is 1. The minimum Gasteiger partial charge on any atom is -0.383 e. The molecule has 0 aliphatic heterocycles. The Morgan fingerprint density at radius 3 is 2.71 bits per heavy atom. The number of methoxy groups -OCH3 is 1. The zero-order valence-electron chi connectivity index (χ0n) is 10.2. The molecule has 5 nitrogen and oxygen atoms in total. The Kier molecular flexibility index (Phi) is 5.08. The molecule has 1 atom stereocenters. The zero-order chi connectivity index (χ0) is 13.1. The van der Waals surface area contributed by atoms with Gasteiger partial charge in [-0.25, -0.2) is 8.42 Å². The maximum absolute atomic E-state index is 12.2. The Bertz CT molecular complexity index is 456. The minimum absolute atomic E-state index is 0.201. The largest absolute Gasteiger partial charge is 0.383 e. The van der Waals surface area contributed by atoms with E-state index < -0.39 is 10.0 Å². The Balaban J connectivity index is 2.94. The monoisotopic (exact) mass is 278 g/mol. The number of likely N-dealkylation sites (N-methyl/N-ethyl adjacent to an activating group) is 1. The number of sulfonamides is 1. The van der Waals surface area contributed by atoms with E-state index in [1.54, 1.807) is 32.5 Å². The van der Waals surface area contributed by atoms with E-state index in [4.69, 9.17) is 10.5 Å². The number of ether oxygens (including phenoxy) is 1. The lowest BCUT2D eigenvalue weighted by molar-refractivity contribution is 0.149. The number of hydrogen-bond acceptors (Lipinski definition) is 5. The van der Waals surface area contributed by atoms with Crippen LogP contribution in [0.1, 0.15) is 12.5 Å². The van der Waals surface area contributed by atoms with Crippen LogP contribution in [0.15, 0.2) is 15.7 Å². The SMILES string of the molecule is COCC(C)N(C)S(=O)(=O)c1cc(CN)cs1. The van der Waals surface area contributed by atoms with Crippen LogP contribution >= 0.6 is 11.3 Å². The summed E-state index contributed by atoms with van der Waals surface area (Å²) in [5.74, 6) is 0. The summed E-state index contributed by atoms with van der Waals surface area (Å²) in [6.45, 7) is 2.52. The summed E-state index contributed by atoms with van der Waals surface area (Å²) in [7, 11) is -0.327. The predicted molar refractivity (Wildman–Crippen MR) is 68.5 cm³/mol. The van der Waals surface area contributed by atoms with Crippen LogP contribution in [0.25, 0.3) is 0 Å². The van der Waals surface area contributed by atoms with E-state index in [0.29, 0.717) is 17.4 Å². The molecule has 1 aromatic heterocycles. The number of nitrogens with two attached hydrogens (primary N) is 1. The molecule has 0 saturated carbocycles. The fourth-order valence-electron chi connectivity index (χ4n) is 1.32. The number of thiophene rings is 1. The third-order valence-corrected chi connectivity index (χ3v) is 5.96. The van der Waals surface area contributed by atoms with E-state index in [1.807, 2.05) is 0 Å². The zero-order valence-corrected chi connectivity index (χ0v) is 11.8. The summed E-state index contributed by atoms with van der Waals surface area (Å²) in [5.41, 5.74) is 6.30. The molecule has 2 N–H and O–H groups in total. The van der Waals surface area contributed by atoms with Gasteiger partial charge in [0.15, 0.2) is 0 Å². The molecule has 0 spiro atoms. The van der Waals surface area contributed by atoms with E-state index in [0.717, 1.165) is 5.56 Å². The molecule has 0 saturated heterocycles. The molecule has 0 aliphatic rings. The molecule has 1 unspecified atom stereocenters. The average Bonchev–Trinajstić information content (AvgIpc) is 2.77. The van der Waals surface area contributed by atoms with Gasteiger partial charge in [0, 0.05) is 26.7 Å². The molecule has 1 aromatic rings. The van der Waals surface area contributed by atoms with Gasteiger partial charge in [0.1, 0.15) is 4.21 Å². The first-order valence-corrected chi connectivity index (χ1v) is 7.50. The Labute approximate surface area is 106 Å². The van der Waals surface area contributed by atoms with Crippen molar-refractivity contribution < 1.29 is 13.2 Å². The topological polar surface area (TPSA) is 72.6 Å². The van der Waals surface area contributed by atoms with Crippen molar-refractivity contribution in [3.63, 3.8) is 0 Å². The maximum Gasteiger partial charge on any atom is 0.252 e. The summed E-state index contributed by atoms with van der Waals surface area (Å²) in [4.78, 5) is 0. The van der Waals surface area contributed by atoms with Crippen LogP contribution in [0.4, 0.5) is 0 Å². The number of nitrogens with zero attached hydrogens (tertiary/aromatic N) is 1. The minimum atomic E-state index is -3.43. The molecule has 1 heterocycles. The summed E-state index contributed by atoms with van der Waals surface area (Å²) in [5, 5.41) is 1.77. The Hall–Kier alpha value is -0.470. The Morgan fingerprint density at radius 1 is 1.59 bits per heavy atom. The molecule has 0 bridgehead atoms. The molecular formula is C10H18N2O3S2. The van der Waals surface area contributed by atoms with Gasteiger partial charge in [-0.05, 0) is 23.9 Å². The van der Waals surface area contributed by atoms with Crippen LogP contribution in [0.5, 0.6) is 0 Å². The van der Waals surface area contributed by atoms with Crippen LogP contribution in [-0.2, 0) is 21.3 Å². The maximum atomic E-state index is 12.2. The van der Waals surface area contributed by atoms with Crippen molar-refractivity contribution in [3.8, 4) is 0 Å². The van der Waals surface area contributed by atoms with Gasteiger partial charge in [-0.3, -0.25) is 0 Å². The molecular weight excluding hydrogens is 260 g/mol. The smallest absolute Gasteiger partial charge is 0.252 e. The molecule has 0 amide bonds. The van der Waals surface area contributed by atoms with Gasteiger partial charge < -0.3 is 10.5 Å². The predicted octanol–water partition coefficient (Wildman–Crippen LogP) is 0.862. The molecule has 98 valence electrons. The van der Waals surface area contributed by atoms with Crippen molar-refractivity contribution in [1.82, 2.24) is 4.31 Å². The van der Waals surface area contributed by atoms with Gasteiger partial charge in [-0.1, -0.05) is 0 Å². The van der Waals surface area contributed by atoms with Crippen LogP contribution in [0.3, 0.4) is 0 Å². The lowest BCUT2D eigenvalue weighted by atomic mass is 10.4.